The topological polar surface area (TPSA) is 94.9 Å². The molecule has 2 rings (SSSR count). The summed E-state index contributed by atoms with van der Waals surface area (Å²) in [6.07, 6.45) is 1.01. The molecule has 9 heteroatoms. The third-order valence-electron chi connectivity index (χ3n) is 2.34. The molecule has 0 fully saturated rings. The highest BCUT2D eigenvalue weighted by Gasteiger charge is 2.18. The smallest absolute Gasteiger partial charge is 0.313 e. The average molecular weight is 298 g/mol. The Morgan fingerprint density at radius 2 is 1.95 bits per heavy atom. The van der Waals surface area contributed by atoms with E-state index in [1.54, 1.807) is 0 Å². The van der Waals surface area contributed by atoms with Crippen LogP contribution in [0.1, 0.15) is 0 Å². The SMILES string of the molecule is Nc1ncc([N+](=O)[O-])c(-c2ccc(SC(F)F)cc2)n1. The Morgan fingerprint density at radius 1 is 1.30 bits per heavy atom. The van der Waals surface area contributed by atoms with Crippen LogP contribution in [-0.2, 0) is 0 Å². The van der Waals surface area contributed by atoms with Crippen molar-refractivity contribution in [3.63, 3.8) is 0 Å². The maximum absolute atomic E-state index is 12.2. The van der Waals surface area contributed by atoms with Crippen molar-refractivity contribution >= 4 is 23.4 Å². The van der Waals surface area contributed by atoms with E-state index in [2.05, 4.69) is 9.97 Å². The van der Waals surface area contributed by atoms with Gasteiger partial charge in [-0.25, -0.2) is 9.97 Å². The molecule has 2 N–H and O–H groups in total. The fourth-order valence-corrected chi connectivity index (χ4v) is 2.03. The van der Waals surface area contributed by atoms with E-state index in [4.69, 9.17) is 5.73 Å². The number of aromatic nitrogens is 2. The molecule has 0 aliphatic carbocycles. The molecule has 1 heterocycles. The van der Waals surface area contributed by atoms with Crippen LogP contribution in [0.5, 0.6) is 0 Å². The van der Waals surface area contributed by atoms with Crippen molar-refractivity contribution < 1.29 is 13.7 Å². The number of anilines is 1. The monoisotopic (exact) mass is 298 g/mol. The molecule has 0 aliphatic rings. The third kappa shape index (κ3) is 3.18. The second-order valence-electron chi connectivity index (χ2n) is 3.62. The lowest BCUT2D eigenvalue weighted by atomic mass is 10.1. The van der Waals surface area contributed by atoms with Crippen molar-refractivity contribution in [3.05, 3.63) is 40.6 Å². The van der Waals surface area contributed by atoms with Crippen LogP contribution in [0, 0.1) is 10.1 Å². The first-order chi connectivity index (χ1) is 9.47. The molecule has 1 aromatic carbocycles. The van der Waals surface area contributed by atoms with Gasteiger partial charge in [0.05, 0.1) is 4.92 Å². The highest BCUT2D eigenvalue weighted by molar-refractivity contribution is 7.99. The van der Waals surface area contributed by atoms with Gasteiger partial charge in [0, 0.05) is 10.5 Å². The lowest BCUT2D eigenvalue weighted by Gasteiger charge is -2.04. The number of nitrogens with zero attached hydrogens (tertiary/aromatic N) is 3. The highest BCUT2D eigenvalue weighted by Crippen LogP contribution is 2.31. The fraction of sp³-hybridized carbons (Fsp3) is 0.0909. The summed E-state index contributed by atoms with van der Waals surface area (Å²) in [6, 6.07) is 5.82. The molecule has 0 atom stereocenters. The Morgan fingerprint density at radius 3 is 2.50 bits per heavy atom. The van der Waals surface area contributed by atoms with Gasteiger partial charge in [0.2, 0.25) is 5.95 Å². The first-order valence-electron chi connectivity index (χ1n) is 5.29. The molecular weight excluding hydrogens is 290 g/mol. The Kier molecular flexibility index (Phi) is 4.08. The minimum atomic E-state index is -2.52. The zero-order valence-corrected chi connectivity index (χ0v) is 10.7. The number of nitro groups is 1. The van der Waals surface area contributed by atoms with Gasteiger partial charge in [0.15, 0.2) is 5.69 Å². The van der Waals surface area contributed by atoms with Gasteiger partial charge in [-0.15, -0.1) is 0 Å². The summed E-state index contributed by atoms with van der Waals surface area (Å²) in [4.78, 5) is 18.0. The standard InChI is InChI=1S/C11H8F2N4O2S/c12-10(13)20-7-3-1-6(2-4-7)9-8(17(18)19)5-15-11(14)16-9/h1-5,10H,(H2,14,15,16). The molecule has 6 nitrogen and oxygen atoms in total. The summed E-state index contributed by atoms with van der Waals surface area (Å²) < 4.78 is 24.4. The Hall–Kier alpha value is -2.29. The second-order valence-corrected chi connectivity index (χ2v) is 4.69. The van der Waals surface area contributed by atoms with E-state index >= 15 is 0 Å². The molecule has 0 amide bonds. The number of hydrogen-bond acceptors (Lipinski definition) is 6. The summed E-state index contributed by atoms with van der Waals surface area (Å²) in [5, 5.41) is 10.9. The first kappa shape index (κ1) is 14.1. The predicted molar refractivity (Wildman–Crippen MR) is 70.4 cm³/mol. The van der Waals surface area contributed by atoms with Crippen LogP contribution in [0.3, 0.4) is 0 Å². The number of benzene rings is 1. The van der Waals surface area contributed by atoms with Crippen LogP contribution in [0.2, 0.25) is 0 Å². The van der Waals surface area contributed by atoms with Crippen molar-refractivity contribution in [2.75, 3.05) is 5.73 Å². The molecule has 0 spiro atoms. The van der Waals surface area contributed by atoms with E-state index in [1.165, 1.54) is 24.3 Å². The van der Waals surface area contributed by atoms with Crippen molar-refractivity contribution in [2.24, 2.45) is 0 Å². The number of rotatable bonds is 4. The molecule has 0 saturated carbocycles. The van der Waals surface area contributed by atoms with Gasteiger partial charge in [-0.1, -0.05) is 23.9 Å². The summed E-state index contributed by atoms with van der Waals surface area (Å²) in [7, 11) is 0. The number of thioether (sulfide) groups is 1. The minimum absolute atomic E-state index is 0.0519. The largest absolute Gasteiger partial charge is 0.368 e. The molecule has 20 heavy (non-hydrogen) atoms. The van der Waals surface area contributed by atoms with Crippen LogP contribution in [0.25, 0.3) is 11.3 Å². The van der Waals surface area contributed by atoms with E-state index in [9.17, 15) is 18.9 Å². The van der Waals surface area contributed by atoms with Gasteiger partial charge in [-0.2, -0.15) is 8.78 Å². The molecule has 104 valence electrons. The number of hydrogen-bond donors (Lipinski definition) is 1. The van der Waals surface area contributed by atoms with Gasteiger partial charge in [-0.3, -0.25) is 10.1 Å². The quantitative estimate of drug-likeness (QED) is 0.529. The summed E-state index contributed by atoms with van der Waals surface area (Å²) in [5.41, 5.74) is 5.57. The lowest BCUT2D eigenvalue weighted by molar-refractivity contribution is -0.384. The third-order valence-corrected chi connectivity index (χ3v) is 3.06. The number of nitrogens with two attached hydrogens (primary N) is 1. The van der Waals surface area contributed by atoms with Crippen LogP contribution >= 0.6 is 11.8 Å². The van der Waals surface area contributed by atoms with E-state index in [0.29, 0.717) is 22.2 Å². The second kappa shape index (κ2) is 5.78. The van der Waals surface area contributed by atoms with Crippen LogP contribution in [0.15, 0.2) is 35.4 Å². The Labute approximate surface area is 116 Å². The van der Waals surface area contributed by atoms with E-state index in [-0.39, 0.29) is 17.3 Å². The molecule has 0 unspecified atom stereocenters. The molecular formula is C11H8F2N4O2S. The van der Waals surface area contributed by atoms with Crippen LogP contribution < -0.4 is 5.73 Å². The lowest BCUT2D eigenvalue weighted by Crippen LogP contribution is -2.01. The first-order valence-corrected chi connectivity index (χ1v) is 6.17. The van der Waals surface area contributed by atoms with Crippen LogP contribution in [-0.4, -0.2) is 20.6 Å². The molecule has 1 aromatic heterocycles. The van der Waals surface area contributed by atoms with Gasteiger partial charge in [0.25, 0.3) is 5.76 Å². The van der Waals surface area contributed by atoms with Gasteiger partial charge >= 0.3 is 5.69 Å². The zero-order valence-electron chi connectivity index (χ0n) is 9.86. The number of nitrogen functional groups attached to an aromatic ring is 1. The summed E-state index contributed by atoms with van der Waals surface area (Å²) >= 11 is 0.391. The van der Waals surface area contributed by atoms with Crippen molar-refractivity contribution in [3.8, 4) is 11.3 Å². The number of alkyl halides is 2. The van der Waals surface area contributed by atoms with E-state index < -0.39 is 10.7 Å². The minimum Gasteiger partial charge on any atom is -0.368 e. The van der Waals surface area contributed by atoms with Gasteiger partial charge in [-0.05, 0) is 12.1 Å². The predicted octanol–water partition coefficient (Wildman–Crippen LogP) is 2.95. The van der Waals surface area contributed by atoms with Crippen molar-refractivity contribution in [2.45, 2.75) is 10.7 Å². The van der Waals surface area contributed by atoms with Gasteiger partial charge < -0.3 is 5.73 Å². The van der Waals surface area contributed by atoms with Crippen molar-refractivity contribution in [1.82, 2.24) is 9.97 Å². The average Bonchev–Trinajstić information content (AvgIpc) is 2.38. The molecule has 0 aliphatic heterocycles. The highest BCUT2D eigenvalue weighted by atomic mass is 32.2. The zero-order chi connectivity index (χ0) is 14.7. The summed E-state index contributed by atoms with van der Waals surface area (Å²) in [5.74, 6) is -2.62. The summed E-state index contributed by atoms with van der Waals surface area (Å²) in [6.45, 7) is 0. The van der Waals surface area contributed by atoms with Gasteiger partial charge in [0.1, 0.15) is 6.20 Å². The fourth-order valence-electron chi connectivity index (χ4n) is 1.53. The molecule has 0 saturated heterocycles. The maximum atomic E-state index is 12.2. The van der Waals surface area contributed by atoms with E-state index in [1.807, 2.05) is 0 Å². The Balaban J connectivity index is 2.41. The normalized spacial score (nSPS) is 10.8. The number of halogens is 2. The van der Waals surface area contributed by atoms with Crippen LogP contribution in [0.4, 0.5) is 20.4 Å². The molecule has 2 aromatic rings. The molecule has 0 radical (unpaired) electrons. The van der Waals surface area contributed by atoms with E-state index in [0.717, 1.165) is 6.20 Å². The Bertz CT molecular complexity index is 637. The maximum Gasteiger partial charge on any atom is 0.313 e. The molecule has 0 bridgehead atoms. The van der Waals surface area contributed by atoms with Crippen molar-refractivity contribution in [1.29, 1.82) is 0 Å².